The summed E-state index contributed by atoms with van der Waals surface area (Å²) in [5.41, 5.74) is 1.87. The number of aromatic nitrogens is 2. The fourth-order valence-electron chi connectivity index (χ4n) is 4.09. The number of carbonyl (C=O) groups excluding carboxylic acids is 2. The predicted octanol–water partition coefficient (Wildman–Crippen LogP) is 2.94. The number of amides is 2. The number of rotatable bonds is 7. The summed E-state index contributed by atoms with van der Waals surface area (Å²) >= 11 is 0. The number of anilines is 1. The molecule has 2 aliphatic rings. The standard InChI is InChI=1S/C25H27N5O3/c31-24(18-30(17-19-8-9-19)25(32)22-7-4-16-33-22)29-14-12-28(13-15-29)23-11-10-21(26-27-23)20-5-2-1-3-6-20/h1-7,10-11,16,19H,8-9,12-15,17-18H2. The molecule has 0 unspecified atom stereocenters. The highest BCUT2D eigenvalue weighted by atomic mass is 16.3. The van der Waals surface area contributed by atoms with Crippen LogP contribution in [-0.4, -0.2) is 71.1 Å². The van der Waals surface area contributed by atoms with Gasteiger partial charge in [0.05, 0.1) is 12.0 Å². The van der Waals surface area contributed by atoms with Gasteiger partial charge in [0.15, 0.2) is 11.6 Å². The van der Waals surface area contributed by atoms with E-state index in [4.69, 9.17) is 4.42 Å². The van der Waals surface area contributed by atoms with Crippen molar-refractivity contribution in [2.24, 2.45) is 5.92 Å². The molecule has 1 aromatic carbocycles. The van der Waals surface area contributed by atoms with E-state index < -0.39 is 0 Å². The fourth-order valence-corrected chi connectivity index (χ4v) is 4.09. The van der Waals surface area contributed by atoms with Gasteiger partial charge in [0.25, 0.3) is 5.91 Å². The molecule has 1 aliphatic heterocycles. The summed E-state index contributed by atoms with van der Waals surface area (Å²) in [5.74, 6) is 1.34. The van der Waals surface area contributed by atoms with E-state index >= 15 is 0 Å². The summed E-state index contributed by atoms with van der Waals surface area (Å²) in [6, 6.07) is 17.3. The number of hydrogen-bond acceptors (Lipinski definition) is 6. The molecule has 1 saturated carbocycles. The van der Waals surface area contributed by atoms with Gasteiger partial charge in [-0.15, -0.1) is 10.2 Å². The second kappa shape index (κ2) is 9.44. The lowest BCUT2D eigenvalue weighted by molar-refractivity contribution is -0.132. The van der Waals surface area contributed by atoms with Crippen molar-refractivity contribution < 1.29 is 14.0 Å². The van der Waals surface area contributed by atoms with Gasteiger partial charge in [0.1, 0.15) is 6.54 Å². The van der Waals surface area contributed by atoms with E-state index in [9.17, 15) is 9.59 Å². The van der Waals surface area contributed by atoms with E-state index in [1.165, 1.54) is 6.26 Å². The average molecular weight is 446 g/mol. The summed E-state index contributed by atoms with van der Waals surface area (Å²) in [7, 11) is 0. The zero-order valence-electron chi connectivity index (χ0n) is 18.5. The molecule has 2 aromatic heterocycles. The SMILES string of the molecule is O=C(CN(CC1CC1)C(=O)c1ccco1)N1CCN(c2ccc(-c3ccccc3)nn2)CC1. The molecule has 0 spiro atoms. The molecule has 1 aliphatic carbocycles. The normalized spacial score (nSPS) is 16.0. The largest absolute Gasteiger partial charge is 0.459 e. The first-order valence-electron chi connectivity index (χ1n) is 11.4. The Hall–Kier alpha value is -3.68. The van der Waals surface area contributed by atoms with E-state index in [2.05, 4.69) is 15.1 Å². The molecular formula is C25H27N5O3. The number of carbonyl (C=O) groups is 2. The van der Waals surface area contributed by atoms with Crippen LogP contribution in [0, 0.1) is 5.92 Å². The van der Waals surface area contributed by atoms with Crippen molar-refractivity contribution in [3.8, 4) is 11.3 Å². The van der Waals surface area contributed by atoms with Gasteiger partial charge in [-0.1, -0.05) is 30.3 Å². The molecule has 3 heterocycles. The smallest absolute Gasteiger partial charge is 0.290 e. The van der Waals surface area contributed by atoms with Gasteiger partial charge in [-0.05, 0) is 43.0 Å². The Balaban J connectivity index is 1.17. The van der Waals surface area contributed by atoms with Gasteiger partial charge in [-0.25, -0.2) is 0 Å². The van der Waals surface area contributed by atoms with Crippen LogP contribution in [0.1, 0.15) is 23.4 Å². The van der Waals surface area contributed by atoms with Crippen LogP contribution in [0.2, 0.25) is 0 Å². The molecular weight excluding hydrogens is 418 g/mol. The van der Waals surface area contributed by atoms with E-state index in [1.807, 2.05) is 47.4 Å². The molecule has 1 saturated heterocycles. The molecule has 5 rings (SSSR count). The van der Waals surface area contributed by atoms with Gasteiger partial charge in [-0.3, -0.25) is 9.59 Å². The van der Waals surface area contributed by atoms with E-state index in [1.54, 1.807) is 17.0 Å². The zero-order chi connectivity index (χ0) is 22.6. The highest BCUT2D eigenvalue weighted by molar-refractivity contribution is 5.94. The van der Waals surface area contributed by atoms with Crippen molar-refractivity contribution in [2.45, 2.75) is 12.8 Å². The Morgan fingerprint density at radius 2 is 1.73 bits per heavy atom. The number of hydrogen-bond donors (Lipinski definition) is 0. The van der Waals surface area contributed by atoms with Crippen molar-refractivity contribution in [1.29, 1.82) is 0 Å². The Morgan fingerprint density at radius 1 is 0.939 bits per heavy atom. The first-order chi connectivity index (χ1) is 16.2. The number of benzene rings is 1. The van der Waals surface area contributed by atoms with Crippen LogP contribution in [0.3, 0.4) is 0 Å². The van der Waals surface area contributed by atoms with Crippen LogP contribution in [0.15, 0.2) is 65.3 Å². The van der Waals surface area contributed by atoms with Gasteiger partial charge in [0.2, 0.25) is 5.91 Å². The van der Waals surface area contributed by atoms with Crippen molar-refractivity contribution in [3.05, 3.63) is 66.6 Å². The maximum atomic E-state index is 13.0. The van der Waals surface area contributed by atoms with Crippen LogP contribution in [-0.2, 0) is 4.79 Å². The van der Waals surface area contributed by atoms with Gasteiger partial charge >= 0.3 is 0 Å². The maximum absolute atomic E-state index is 13.0. The van der Waals surface area contributed by atoms with Gasteiger partial charge in [-0.2, -0.15) is 0 Å². The molecule has 33 heavy (non-hydrogen) atoms. The molecule has 2 amide bonds. The first-order valence-corrected chi connectivity index (χ1v) is 11.4. The quantitative estimate of drug-likeness (QED) is 0.556. The fraction of sp³-hybridized carbons (Fsp3) is 0.360. The monoisotopic (exact) mass is 445 g/mol. The van der Waals surface area contributed by atoms with Crippen molar-refractivity contribution in [1.82, 2.24) is 20.0 Å². The van der Waals surface area contributed by atoms with Gasteiger partial charge < -0.3 is 19.1 Å². The third kappa shape index (κ3) is 5.05. The van der Waals surface area contributed by atoms with Crippen molar-refractivity contribution in [2.75, 3.05) is 44.2 Å². The molecule has 3 aromatic rings. The Kier molecular flexibility index (Phi) is 6.06. The minimum atomic E-state index is -0.215. The molecule has 0 atom stereocenters. The summed E-state index contributed by atoms with van der Waals surface area (Å²) in [6.07, 6.45) is 3.71. The first kappa shape index (κ1) is 21.2. The van der Waals surface area contributed by atoms with Crippen LogP contribution >= 0.6 is 0 Å². The van der Waals surface area contributed by atoms with Crippen molar-refractivity contribution in [3.63, 3.8) is 0 Å². The molecule has 8 heteroatoms. The van der Waals surface area contributed by atoms with Crippen LogP contribution in [0.25, 0.3) is 11.3 Å². The minimum Gasteiger partial charge on any atom is -0.459 e. The van der Waals surface area contributed by atoms with Gasteiger partial charge in [0, 0.05) is 38.3 Å². The zero-order valence-corrected chi connectivity index (χ0v) is 18.5. The van der Waals surface area contributed by atoms with E-state index in [0.29, 0.717) is 38.6 Å². The lowest BCUT2D eigenvalue weighted by Gasteiger charge is -2.36. The summed E-state index contributed by atoms with van der Waals surface area (Å²) in [6.45, 7) is 3.23. The molecule has 8 nitrogen and oxygen atoms in total. The summed E-state index contributed by atoms with van der Waals surface area (Å²) in [5, 5.41) is 8.77. The van der Waals surface area contributed by atoms with E-state index in [0.717, 1.165) is 29.9 Å². The second-order valence-corrected chi connectivity index (χ2v) is 8.62. The van der Waals surface area contributed by atoms with Crippen molar-refractivity contribution >= 4 is 17.6 Å². The molecule has 0 bridgehead atoms. The maximum Gasteiger partial charge on any atom is 0.290 e. The highest BCUT2D eigenvalue weighted by Gasteiger charge is 2.31. The summed E-state index contributed by atoms with van der Waals surface area (Å²) < 4.78 is 5.27. The lowest BCUT2D eigenvalue weighted by Crippen LogP contribution is -2.52. The van der Waals surface area contributed by atoms with Crippen LogP contribution in [0.5, 0.6) is 0 Å². The van der Waals surface area contributed by atoms with Crippen LogP contribution < -0.4 is 4.90 Å². The third-order valence-corrected chi connectivity index (χ3v) is 6.20. The minimum absolute atomic E-state index is 0.0271. The average Bonchev–Trinajstić information content (AvgIpc) is 3.52. The second-order valence-electron chi connectivity index (χ2n) is 8.62. The number of nitrogens with zero attached hydrogens (tertiary/aromatic N) is 5. The number of furan rings is 1. The molecule has 2 fully saturated rings. The van der Waals surface area contributed by atoms with Crippen LogP contribution in [0.4, 0.5) is 5.82 Å². The summed E-state index contributed by atoms with van der Waals surface area (Å²) in [4.78, 5) is 31.4. The number of piperazine rings is 1. The molecule has 170 valence electrons. The lowest BCUT2D eigenvalue weighted by atomic mass is 10.1. The Bertz CT molecular complexity index is 1070. The highest BCUT2D eigenvalue weighted by Crippen LogP contribution is 2.30. The predicted molar refractivity (Wildman–Crippen MR) is 124 cm³/mol. The molecule has 0 radical (unpaired) electrons. The van der Waals surface area contributed by atoms with E-state index in [-0.39, 0.29) is 24.1 Å². The molecule has 0 N–H and O–H groups in total. The Morgan fingerprint density at radius 3 is 2.36 bits per heavy atom. The topological polar surface area (TPSA) is 82.8 Å². The third-order valence-electron chi connectivity index (χ3n) is 6.20. The Labute approximate surface area is 192 Å².